The van der Waals surface area contributed by atoms with Crippen molar-refractivity contribution in [3.8, 4) is 5.75 Å². The Hall–Kier alpha value is -3.56. The van der Waals surface area contributed by atoms with E-state index in [0.717, 1.165) is 5.56 Å². The molecule has 0 saturated carbocycles. The number of alkyl carbamates (subject to hydrolysis) is 1. The van der Waals surface area contributed by atoms with Crippen molar-refractivity contribution in [2.75, 3.05) is 13.7 Å². The standard InChI is InChI=1S/C27H39N3O7/c1-17(2)15-21-23(31)28-20(25(33)35-6)9-7-8-14-36-19-12-10-18(11-13-19)16-22(24(32)29-21)30-26(34)37-27(3,4)5/h7-8,10-13,17,20-22H,9,14-16H2,1-6H3,(H,28,31)(H,29,32)(H,30,34)/b8-7-. The highest BCUT2D eigenvalue weighted by Gasteiger charge is 2.31. The third kappa shape index (κ3) is 10.5. The lowest BCUT2D eigenvalue weighted by atomic mass is 10.0. The van der Waals surface area contributed by atoms with Crippen molar-refractivity contribution in [3.63, 3.8) is 0 Å². The third-order valence-corrected chi connectivity index (χ3v) is 5.40. The van der Waals surface area contributed by atoms with Gasteiger partial charge in [-0.3, -0.25) is 9.59 Å². The highest BCUT2D eigenvalue weighted by molar-refractivity contribution is 5.93. The maximum Gasteiger partial charge on any atom is 0.408 e. The van der Waals surface area contributed by atoms with Crippen molar-refractivity contribution in [1.82, 2.24) is 16.0 Å². The first-order chi connectivity index (χ1) is 17.4. The molecule has 37 heavy (non-hydrogen) atoms. The number of ether oxygens (including phenoxy) is 3. The zero-order valence-corrected chi connectivity index (χ0v) is 22.5. The Labute approximate surface area is 218 Å². The summed E-state index contributed by atoms with van der Waals surface area (Å²) in [5.74, 6) is -0.999. The number of esters is 1. The first-order valence-corrected chi connectivity index (χ1v) is 12.4. The number of hydrogen-bond donors (Lipinski definition) is 3. The zero-order chi connectivity index (χ0) is 27.6. The van der Waals surface area contributed by atoms with Crippen molar-refractivity contribution in [2.24, 2.45) is 5.92 Å². The van der Waals surface area contributed by atoms with Gasteiger partial charge in [0.05, 0.1) is 7.11 Å². The summed E-state index contributed by atoms with van der Waals surface area (Å²) in [7, 11) is 1.24. The molecule has 2 aliphatic rings. The summed E-state index contributed by atoms with van der Waals surface area (Å²) in [6.45, 7) is 9.27. The molecule has 3 N–H and O–H groups in total. The number of carbonyl (C=O) groups excluding carboxylic acids is 4. The second-order valence-electron chi connectivity index (χ2n) is 10.3. The molecule has 0 aliphatic carbocycles. The molecule has 0 saturated heterocycles. The molecule has 0 radical (unpaired) electrons. The van der Waals surface area contributed by atoms with Gasteiger partial charge in [0.2, 0.25) is 11.8 Å². The molecule has 0 fully saturated rings. The number of fused-ring (bicyclic) bond motifs is 13. The van der Waals surface area contributed by atoms with Gasteiger partial charge in [-0.1, -0.05) is 38.1 Å². The van der Waals surface area contributed by atoms with Crippen molar-refractivity contribution < 1.29 is 33.4 Å². The number of amides is 3. The van der Waals surface area contributed by atoms with Crippen LogP contribution in [0, 0.1) is 5.92 Å². The predicted molar refractivity (Wildman–Crippen MR) is 138 cm³/mol. The molecular weight excluding hydrogens is 478 g/mol. The lowest BCUT2D eigenvalue weighted by Gasteiger charge is -2.26. The van der Waals surface area contributed by atoms with Crippen LogP contribution in [0.5, 0.6) is 5.75 Å². The van der Waals surface area contributed by atoms with Crippen LogP contribution < -0.4 is 20.7 Å². The molecule has 3 amide bonds. The molecule has 0 aromatic heterocycles. The summed E-state index contributed by atoms with van der Waals surface area (Å²) in [6, 6.07) is 4.26. The second kappa shape index (κ2) is 13.7. The quantitative estimate of drug-likeness (QED) is 0.413. The van der Waals surface area contributed by atoms with E-state index in [-0.39, 0.29) is 25.4 Å². The van der Waals surface area contributed by atoms with Gasteiger partial charge in [-0.25, -0.2) is 9.59 Å². The molecule has 2 aliphatic heterocycles. The van der Waals surface area contributed by atoms with E-state index < -0.39 is 47.6 Å². The average Bonchev–Trinajstić information content (AvgIpc) is 2.80. The number of carbonyl (C=O) groups is 4. The van der Waals surface area contributed by atoms with E-state index in [1.165, 1.54) is 7.11 Å². The van der Waals surface area contributed by atoms with E-state index in [0.29, 0.717) is 12.2 Å². The molecule has 0 spiro atoms. The summed E-state index contributed by atoms with van der Waals surface area (Å²) in [5, 5.41) is 8.08. The summed E-state index contributed by atoms with van der Waals surface area (Å²) in [5.41, 5.74) is 0.0203. The summed E-state index contributed by atoms with van der Waals surface area (Å²) >= 11 is 0. The Morgan fingerprint density at radius 2 is 1.76 bits per heavy atom. The van der Waals surface area contributed by atoms with Gasteiger partial charge in [-0.2, -0.15) is 0 Å². The smallest absolute Gasteiger partial charge is 0.408 e. The average molecular weight is 518 g/mol. The zero-order valence-electron chi connectivity index (χ0n) is 22.5. The summed E-state index contributed by atoms with van der Waals surface area (Å²) in [6.07, 6.45) is 3.40. The highest BCUT2D eigenvalue weighted by Crippen LogP contribution is 2.15. The van der Waals surface area contributed by atoms with Gasteiger partial charge in [0, 0.05) is 6.42 Å². The van der Waals surface area contributed by atoms with Crippen molar-refractivity contribution in [1.29, 1.82) is 0 Å². The van der Waals surface area contributed by atoms with E-state index in [1.54, 1.807) is 57.2 Å². The Morgan fingerprint density at radius 1 is 1.08 bits per heavy atom. The molecule has 3 unspecified atom stereocenters. The van der Waals surface area contributed by atoms with Crippen LogP contribution in [0.15, 0.2) is 36.4 Å². The van der Waals surface area contributed by atoms with Crippen LogP contribution in [0.1, 0.15) is 53.0 Å². The number of rotatable bonds is 4. The van der Waals surface area contributed by atoms with Crippen LogP contribution in [0.3, 0.4) is 0 Å². The van der Waals surface area contributed by atoms with Gasteiger partial charge in [0.1, 0.15) is 36.1 Å². The number of benzene rings is 1. The molecular formula is C27H39N3O7. The van der Waals surface area contributed by atoms with Gasteiger partial charge in [-0.05, 0) is 57.2 Å². The number of nitrogens with one attached hydrogen (secondary N) is 3. The van der Waals surface area contributed by atoms with Crippen molar-refractivity contribution >= 4 is 23.9 Å². The fourth-order valence-corrected chi connectivity index (χ4v) is 3.67. The van der Waals surface area contributed by atoms with Gasteiger partial charge in [0.25, 0.3) is 0 Å². The molecule has 3 rings (SSSR count). The lowest BCUT2D eigenvalue weighted by Crippen LogP contribution is -2.56. The molecule has 1 aromatic rings. The number of methoxy groups -OCH3 is 1. The minimum Gasteiger partial charge on any atom is -0.490 e. The fraction of sp³-hybridized carbons (Fsp3) is 0.556. The van der Waals surface area contributed by atoms with E-state index >= 15 is 0 Å². The second-order valence-corrected chi connectivity index (χ2v) is 10.3. The minimum atomic E-state index is -1.02. The van der Waals surface area contributed by atoms with Crippen LogP contribution in [-0.2, 0) is 30.3 Å². The van der Waals surface area contributed by atoms with Crippen LogP contribution in [-0.4, -0.2) is 61.3 Å². The fourth-order valence-electron chi connectivity index (χ4n) is 3.67. The van der Waals surface area contributed by atoms with E-state index in [4.69, 9.17) is 14.2 Å². The monoisotopic (exact) mass is 517 g/mol. The molecule has 10 heteroatoms. The SMILES string of the molecule is COC(=O)C1C/C=C\COc2ccc(cc2)CC(NC(=O)OC(C)(C)C)C(=O)NC(CC(C)C)C(=O)N1. The normalized spacial score (nSPS) is 22.2. The Bertz CT molecular complexity index is 967. The van der Waals surface area contributed by atoms with Crippen LogP contribution >= 0.6 is 0 Å². The van der Waals surface area contributed by atoms with Crippen molar-refractivity contribution in [2.45, 2.75) is 77.6 Å². The molecule has 2 heterocycles. The minimum absolute atomic E-state index is 0.0589. The first-order valence-electron chi connectivity index (χ1n) is 12.4. The van der Waals surface area contributed by atoms with Crippen LogP contribution in [0.4, 0.5) is 4.79 Å². The van der Waals surface area contributed by atoms with Crippen LogP contribution in [0.25, 0.3) is 0 Å². The van der Waals surface area contributed by atoms with Gasteiger partial charge in [-0.15, -0.1) is 0 Å². The largest absolute Gasteiger partial charge is 0.490 e. The third-order valence-electron chi connectivity index (χ3n) is 5.40. The maximum absolute atomic E-state index is 13.4. The van der Waals surface area contributed by atoms with E-state index in [1.807, 2.05) is 13.8 Å². The van der Waals surface area contributed by atoms with Crippen molar-refractivity contribution in [3.05, 3.63) is 42.0 Å². The molecule has 1 aromatic carbocycles. The Balaban J connectivity index is 2.39. The maximum atomic E-state index is 13.4. The highest BCUT2D eigenvalue weighted by atomic mass is 16.6. The van der Waals surface area contributed by atoms with Crippen LogP contribution in [0.2, 0.25) is 0 Å². The topological polar surface area (TPSA) is 132 Å². The van der Waals surface area contributed by atoms with Gasteiger partial charge in [0.15, 0.2) is 0 Å². The number of hydrogen-bond acceptors (Lipinski definition) is 7. The van der Waals surface area contributed by atoms with Gasteiger partial charge >= 0.3 is 12.1 Å². The van der Waals surface area contributed by atoms with E-state index in [2.05, 4.69) is 16.0 Å². The molecule has 204 valence electrons. The Morgan fingerprint density at radius 3 is 2.35 bits per heavy atom. The lowest BCUT2D eigenvalue weighted by molar-refractivity contribution is -0.145. The molecule has 3 atom stereocenters. The molecule has 10 nitrogen and oxygen atoms in total. The summed E-state index contributed by atoms with van der Waals surface area (Å²) in [4.78, 5) is 51.4. The Kier molecular flexibility index (Phi) is 11.0. The van der Waals surface area contributed by atoms with E-state index in [9.17, 15) is 19.2 Å². The predicted octanol–water partition coefficient (Wildman–Crippen LogP) is 2.65. The summed E-state index contributed by atoms with van der Waals surface area (Å²) < 4.78 is 15.9. The molecule has 2 bridgehead atoms. The first kappa shape index (κ1) is 29.7. The van der Waals surface area contributed by atoms with Gasteiger partial charge < -0.3 is 30.2 Å².